The molecule has 1 aromatic heterocycles. The highest BCUT2D eigenvalue weighted by Gasteiger charge is 2.05. The van der Waals surface area contributed by atoms with Gasteiger partial charge < -0.3 is 25.4 Å². The summed E-state index contributed by atoms with van der Waals surface area (Å²) in [5.41, 5.74) is 2.66. The van der Waals surface area contributed by atoms with Crippen LogP contribution in [0.1, 0.15) is 11.3 Å². The fraction of sp³-hybridized carbons (Fsp3) is 0.261. The van der Waals surface area contributed by atoms with Crippen molar-refractivity contribution in [2.75, 3.05) is 37.9 Å². The first kappa shape index (κ1) is 21.9. The number of methoxy groups -OCH3 is 2. The molecule has 2 aromatic carbocycles. The summed E-state index contributed by atoms with van der Waals surface area (Å²) in [6.45, 7) is 2.88. The van der Waals surface area contributed by atoms with Crippen molar-refractivity contribution >= 4 is 23.4 Å². The minimum atomic E-state index is -0.0426. The van der Waals surface area contributed by atoms with E-state index in [0.717, 1.165) is 28.4 Å². The number of anilines is 3. The number of carbonyl (C=O) groups is 1. The lowest BCUT2D eigenvalue weighted by Crippen LogP contribution is -2.30. The molecule has 0 aliphatic rings. The van der Waals surface area contributed by atoms with E-state index >= 15 is 0 Å². The van der Waals surface area contributed by atoms with Crippen molar-refractivity contribution in [2.45, 2.75) is 13.3 Å². The van der Waals surface area contributed by atoms with Crippen LogP contribution in [0.15, 0.2) is 54.6 Å². The van der Waals surface area contributed by atoms with Crippen LogP contribution in [0.2, 0.25) is 0 Å². The van der Waals surface area contributed by atoms with Gasteiger partial charge in [-0.1, -0.05) is 12.1 Å². The third-order valence-corrected chi connectivity index (χ3v) is 4.47. The van der Waals surface area contributed by atoms with E-state index in [1.165, 1.54) is 0 Å². The average Bonchev–Trinajstić information content (AvgIpc) is 2.77. The summed E-state index contributed by atoms with van der Waals surface area (Å²) in [4.78, 5) is 21.0. The first-order chi connectivity index (χ1) is 15.1. The molecule has 0 fully saturated rings. The van der Waals surface area contributed by atoms with Crippen molar-refractivity contribution in [1.29, 1.82) is 0 Å². The van der Waals surface area contributed by atoms with Gasteiger partial charge in [0, 0.05) is 30.5 Å². The minimum absolute atomic E-state index is 0.0426. The fourth-order valence-electron chi connectivity index (χ4n) is 2.90. The maximum atomic E-state index is 12.1. The predicted molar refractivity (Wildman–Crippen MR) is 121 cm³/mol. The quantitative estimate of drug-likeness (QED) is 0.432. The Morgan fingerprint density at radius 2 is 1.55 bits per heavy atom. The Hall–Kier alpha value is -3.81. The third kappa shape index (κ3) is 6.88. The number of nitrogens with one attached hydrogen (secondary N) is 3. The second-order valence-electron chi connectivity index (χ2n) is 6.87. The number of rotatable bonds is 10. The van der Waals surface area contributed by atoms with Gasteiger partial charge in [0.2, 0.25) is 11.9 Å². The van der Waals surface area contributed by atoms with Crippen LogP contribution in [0.4, 0.5) is 17.5 Å². The number of benzene rings is 2. The molecular formula is C23H27N5O3. The molecule has 0 saturated heterocycles. The highest BCUT2D eigenvalue weighted by molar-refractivity contribution is 5.78. The number of nitrogens with zero attached hydrogens (tertiary/aromatic N) is 2. The lowest BCUT2D eigenvalue weighted by atomic mass is 10.1. The zero-order valence-corrected chi connectivity index (χ0v) is 17.9. The van der Waals surface area contributed by atoms with Gasteiger partial charge in [-0.3, -0.25) is 4.79 Å². The number of hydrogen-bond donors (Lipinski definition) is 3. The second kappa shape index (κ2) is 10.8. The van der Waals surface area contributed by atoms with Crippen molar-refractivity contribution in [3.8, 4) is 11.5 Å². The van der Waals surface area contributed by atoms with E-state index in [-0.39, 0.29) is 5.91 Å². The van der Waals surface area contributed by atoms with E-state index < -0.39 is 0 Å². The van der Waals surface area contributed by atoms with Crippen LogP contribution in [-0.2, 0) is 11.2 Å². The van der Waals surface area contributed by atoms with Crippen molar-refractivity contribution in [3.05, 3.63) is 65.9 Å². The number of ether oxygens (including phenoxy) is 2. The number of aryl methyl sites for hydroxylation is 1. The van der Waals surface area contributed by atoms with Gasteiger partial charge in [-0.2, -0.15) is 4.98 Å². The molecule has 0 aliphatic carbocycles. The van der Waals surface area contributed by atoms with E-state index in [9.17, 15) is 4.79 Å². The van der Waals surface area contributed by atoms with Crippen LogP contribution in [0.25, 0.3) is 0 Å². The largest absolute Gasteiger partial charge is 0.497 e. The predicted octanol–water partition coefficient (Wildman–Crippen LogP) is 3.32. The minimum Gasteiger partial charge on any atom is -0.497 e. The summed E-state index contributed by atoms with van der Waals surface area (Å²) in [5.74, 6) is 2.70. The standard InChI is InChI=1S/C23H27N5O3/c1-16-14-21(27-18-6-10-20(31-3)11-7-18)28-23(26-16)25-13-12-24-22(29)15-17-4-8-19(30-2)9-5-17/h4-11,14H,12-13,15H2,1-3H3,(H,24,29)(H2,25,26,27,28). The molecule has 1 amide bonds. The highest BCUT2D eigenvalue weighted by Crippen LogP contribution is 2.20. The van der Waals surface area contributed by atoms with E-state index in [4.69, 9.17) is 9.47 Å². The van der Waals surface area contributed by atoms with Gasteiger partial charge in [-0.15, -0.1) is 0 Å². The summed E-state index contributed by atoms with van der Waals surface area (Å²) in [5, 5.41) is 9.30. The Kier molecular flexibility index (Phi) is 7.64. The fourth-order valence-corrected chi connectivity index (χ4v) is 2.90. The third-order valence-electron chi connectivity index (χ3n) is 4.47. The zero-order valence-electron chi connectivity index (χ0n) is 17.9. The summed E-state index contributed by atoms with van der Waals surface area (Å²) >= 11 is 0. The van der Waals surface area contributed by atoms with Crippen molar-refractivity contribution in [1.82, 2.24) is 15.3 Å². The SMILES string of the molecule is COc1ccc(CC(=O)NCCNc2nc(C)cc(Nc3ccc(OC)cc3)n2)cc1. The van der Waals surface area contributed by atoms with Gasteiger partial charge in [0.05, 0.1) is 20.6 Å². The van der Waals surface area contributed by atoms with Gasteiger partial charge in [0.1, 0.15) is 17.3 Å². The maximum absolute atomic E-state index is 12.1. The van der Waals surface area contributed by atoms with Gasteiger partial charge in [-0.05, 0) is 48.9 Å². The van der Waals surface area contributed by atoms with Crippen LogP contribution in [0.3, 0.4) is 0 Å². The van der Waals surface area contributed by atoms with Crippen molar-refractivity contribution < 1.29 is 14.3 Å². The summed E-state index contributed by atoms with van der Waals surface area (Å²) in [7, 11) is 3.25. The molecule has 0 atom stereocenters. The molecular weight excluding hydrogens is 394 g/mol. The summed E-state index contributed by atoms with van der Waals surface area (Å²) in [6.07, 6.45) is 0.320. The van der Waals surface area contributed by atoms with Crippen LogP contribution in [0, 0.1) is 6.92 Å². The zero-order chi connectivity index (χ0) is 22.1. The molecule has 162 valence electrons. The molecule has 0 bridgehead atoms. The van der Waals surface area contributed by atoms with E-state index in [1.807, 2.05) is 61.5 Å². The maximum Gasteiger partial charge on any atom is 0.224 e. The molecule has 0 aliphatic heterocycles. The Morgan fingerprint density at radius 1 is 0.903 bits per heavy atom. The Balaban J connectivity index is 1.46. The molecule has 3 rings (SSSR count). The lowest BCUT2D eigenvalue weighted by Gasteiger charge is -2.11. The van der Waals surface area contributed by atoms with Gasteiger partial charge in [-0.25, -0.2) is 4.98 Å². The molecule has 0 unspecified atom stereocenters. The number of hydrogen-bond acceptors (Lipinski definition) is 7. The van der Waals surface area contributed by atoms with Crippen molar-refractivity contribution in [2.24, 2.45) is 0 Å². The number of aromatic nitrogens is 2. The Morgan fingerprint density at radius 3 is 2.19 bits per heavy atom. The molecule has 0 saturated carbocycles. The molecule has 0 spiro atoms. The summed E-state index contributed by atoms with van der Waals surface area (Å²) in [6, 6.07) is 16.9. The van der Waals surface area contributed by atoms with E-state index in [0.29, 0.717) is 31.3 Å². The van der Waals surface area contributed by atoms with Gasteiger partial charge >= 0.3 is 0 Å². The van der Waals surface area contributed by atoms with Gasteiger partial charge in [0.25, 0.3) is 0 Å². The van der Waals surface area contributed by atoms with Gasteiger partial charge in [0.15, 0.2) is 0 Å². The average molecular weight is 422 g/mol. The van der Waals surface area contributed by atoms with Crippen LogP contribution in [-0.4, -0.2) is 43.2 Å². The topological polar surface area (TPSA) is 97.4 Å². The van der Waals surface area contributed by atoms with E-state index in [1.54, 1.807) is 14.2 Å². The molecule has 8 nitrogen and oxygen atoms in total. The second-order valence-corrected chi connectivity index (χ2v) is 6.87. The van der Waals surface area contributed by atoms with Crippen LogP contribution in [0.5, 0.6) is 11.5 Å². The molecule has 1 heterocycles. The normalized spacial score (nSPS) is 10.3. The number of carbonyl (C=O) groups excluding carboxylic acids is 1. The monoisotopic (exact) mass is 421 g/mol. The molecule has 3 aromatic rings. The van der Waals surface area contributed by atoms with Crippen molar-refractivity contribution in [3.63, 3.8) is 0 Å². The highest BCUT2D eigenvalue weighted by atomic mass is 16.5. The summed E-state index contributed by atoms with van der Waals surface area (Å²) < 4.78 is 10.3. The van der Waals surface area contributed by atoms with E-state index in [2.05, 4.69) is 25.9 Å². The van der Waals surface area contributed by atoms with Crippen LogP contribution < -0.4 is 25.4 Å². The Bertz CT molecular complexity index is 991. The molecule has 0 radical (unpaired) electrons. The first-order valence-electron chi connectivity index (χ1n) is 9.96. The molecule has 8 heteroatoms. The number of amides is 1. The smallest absolute Gasteiger partial charge is 0.224 e. The van der Waals surface area contributed by atoms with Crippen LogP contribution >= 0.6 is 0 Å². The molecule has 31 heavy (non-hydrogen) atoms. The molecule has 3 N–H and O–H groups in total. The Labute approximate surface area is 182 Å². The lowest BCUT2D eigenvalue weighted by molar-refractivity contribution is -0.120. The first-order valence-corrected chi connectivity index (χ1v) is 9.96.